The van der Waals surface area contributed by atoms with E-state index in [1.54, 1.807) is 0 Å². The van der Waals surface area contributed by atoms with E-state index in [-0.39, 0.29) is 27.9 Å². The zero-order chi connectivity index (χ0) is 18.3. The van der Waals surface area contributed by atoms with E-state index in [1.165, 1.54) is 38.2 Å². The summed E-state index contributed by atoms with van der Waals surface area (Å²) in [5, 5.41) is 13.3. The van der Waals surface area contributed by atoms with Crippen LogP contribution in [0.1, 0.15) is 15.9 Å². The molecule has 0 radical (unpaired) electrons. The number of benzene rings is 2. The Hall–Kier alpha value is -3.29. The number of nitro benzene ring substituents is 1. The molecule has 3 aromatic rings. The topological polar surface area (TPSA) is 85.4 Å². The number of hydrogen-bond donors (Lipinski definition) is 1. The number of amides is 1. The van der Waals surface area contributed by atoms with Crippen molar-refractivity contribution in [3.05, 3.63) is 63.2 Å². The Kier molecular flexibility index (Phi) is 3.96. The van der Waals surface area contributed by atoms with E-state index in [2.05, 4.69) is 5.32 Å². The van der Waals surface area contributed by atoms with Gasteiger partial charge in [-0.3, -0.25) is 14.9 Å². The number of carbonyl (C=O) groups is 1. The van der Waals surface area contributed by atoms with Gasteiger partial charge in [-0.15, -0.1) is 0 Å². The van der Waals surface area contributed by atoms with Crippen LogP contribution in [0, 0.1) is 28.7 Å². The van der Waals surface area contributed by atoms with E-state index in [0.29, 0.717) is 5.56 Å². The van der Waals surface area contributed by atoms with Crippen molar-refractivity contribution in [3.8, 4) is 11.3 Å². The lowest BCUT2D eigenvalue weighted by molar-refractivity contribution is -0.385. The molecule has 3 rings (SSSR count). The van der Waals surface area contributed by atoms with Gasteiger partial charge in [-0.1, -0.05) is 0 Å². The average Bonchev–Trinajstić information content (AvgIpc) is 2.97. The van der Waals surface area contributed by atoms with Gasteiger partial charge in [0.25, 0.3) is 11.6 Å². The Morgan fingerprint density at radius 3 is 2.44 bits per heavy atom. The fraction of sp³-hybridized carbons (Fsp3) is 0.118. The van der Waals surface area contributed by atoms with Crippen LogP contribution in [0.2, 0.25) is 0 Å². The van der Waals surface area contributed by atoms with E-state index < -0.39 is 28.2 Å². The zero-order valence-corrected chi connectivity index (χ0v) is 13.2. The van der Waals surface area contributed by atoms with Crippen LogP contribution in [-0.4, -0.2) is 17.9 Å². The molecular formula is C17H12F2N2O4. The SMILES string of the molecule is CNC(=O)c1c(-c2ccc(F)cc2)oc2cc([N+](=O)[O-])c(C)c(F)c12. The molecule has 0 spiro atoms. The molecule has 0 aliphatic heterocycles. The van der Waals surface area contributed by atoms with Gasteiger partial charge < -0.3 is 9.73 Å². The van der Waals surface area contributed by atoms with Gasteiger partial charge in [-0.05, 0) is 31.2 Å². The molecule has 0 fully saturated rings. The number of halogens is 2. The van der Waals surface area contributed by atoms with Crippen molar-refractivity contribution in [2.24, 2.45) is 0 Å². The summed E-state index contributed by atoms with van der Waals surface area (Å²) >= 11 is 0. The van der Waals surface area contributed by atoms with Gasteiger partial charge >= 0.3 is 0 Å². The second kappa shape index (κ2) is 5.97. The average molecular weight is 346 g/mol. The van der Waals surface area contributed by atoms with Crippen molar-refractivity contribution in [1.29, 1.82) is 0 Å². The summed E-state index contributed by atoms with van der Waals surface area (Å²) < 4.78 is 33.5. The predicted molar refractivity (Wildman–Crippen MR) is 86.3 cm³/mol. The number of nitrogens with one attached hydrogen (secondary N) is 1. The number of rotatable bonds is 3. The summed E-state index contributed by atoms with van der Waals surface area (Å²) in [7, 11) is 1.37. The van der Waals surface area contributed by atoms with Crippen LogP contribution in [0.5, 0.6) is 0 Å². The first-order chi connectivity index (χ1) is 11.8. The second-order valence-electron chi connectivity index (χ2n) is 5.36. The lowest BCUT2D eigenvalue weighted by Gasteiger charge is -2.04. The van der Waals surface area contributed by atoms with Crippen molar-refractivity contribution in [2.75, 3.05) is 7.05 Å². The molecule has 1 aromatic heterocycles. The molecule has 0 unspecified atom stereocenters. The molecule has 1 N–H and O–H groups in total. The number of nitrogens with zero attached hydrogens (tertiary/aromatic N) is 1. The number of fused-ring (bicyclic) bond motifs is 1. The van der Waals surface area contributed by atoms with Crippen molar-refractivity contribution < 1.29 is 22.9 Å². The summed E-state index contributed by atoms with van der Waals surface area (Å²) in [4.78, 5) is 22.6. The molecule has 2 aromatic carbocycles. The number of hydrogen-bond acceptors (Lipinski definition) is 4. The van der Waals surface area contributed by atoms with E-state index in [1.807, 2.05) is 0 Å². The van der Waals surface area contributed by atoms with Gasteiger partial charge in [0.05, 0.1) is 27.5 Å². The molecule has 8 heteroatoms. The number of nitro groups is 1. The molecule has 0 atom stereocenters. The molecule has 1 heterocycles. The van der Waals surface area contributed by atoms with Gasteiger partial charge in [0, 0.05) is 12.6 Å². The lowest BCUT2D eigenvalue weighted by Crippen LogP contribution is -2.18. The lowest BCUT2D eigenvalue weighted by atomic mass is 10.0. The van der Waals surface area contributed by atoms with Crippen LogP contribution < -0.4 is 5.32 Å². The summed E-state index contributed by atoms with van der Waals surface area (Å²) in [6, 6.07) is 6.16. The summed E-state index contributed by atoms with van der Waals surface area (Å²) in [6.07, 6.45) is 0. The molecule has 0 aliphatic rings. The summed E-state index contributed by atoms with van der Waals surface area (Å²) in [6.45, 7) is 1.26. The zero-order valence-electron chi connectivity index (χ0n) is 13.2. The van der Waals surface area contributed by atoms with Crippen LogP contribution in [-0.2, 0) is 0 Å². The van der Waals surface area contributed by atoms with E-state index in [9.17, 15) is 23.7 Å². The van der Waals surface area contributed by atoms with Crippen LogP contribution in [0.3, 0.4) is 0 Å². The van der Waals surface area contributed by atoms with Crippen LogP contribution in [0.15, 0.2) is 34.7 Å². The van der Waals surface area contributed by atoms with E-state index in [0.717, 1.165) is 6.07 Å². The maximum atomic E-state index is 14.8. The normalized spacial score (nSPS) is 10.9. The van der Waals surface area contributed by atoms with Gasteiger partial charge in [-0.25, -0.2) is 8.78 Å². The second-order valence-corrected chi connectivity index (χ2v) is 5.36. The Bertz CT molecular complexity index is 1010. The molecule has 128 valence electrons. The maximum absolute atomic E-state index is 14.8. The number of carbonyl (C=O) groups excluding carboxylic acids is 1. The highest BCUT2D eigenvalue weighted by atomic mass is 19.1. The summed E-state index contributed by atoms with van der Waals surface area (Å²) in [5.41, 5.74) is -0.537. The molecule has 0 saturated carbocycles. The number of furan rings is 1. The van der Waals surface area contributed by atoms with E-state index >= 15 is 0 Å². The van der Waals surface area contributed by atoms with Gasteiger partial charge in [0.2, 0.25) is 0 Å². The maximum Gasteiger partial charge on any atom is 0.279 e. The molecule has 0 saturated heterocycles. The Morgan fingerprint density at radius 1 is 1.24 bits per heavy atom. The van der Waals surface area contributed by atoms with Crippen molar-refractivity contribution in [3.63, 3.8) is 0 Å². The molecule has 0 bridgehead atoms. The van der Waals surface area contributed by atoms with Crippen molar-refractivity contribution in [1.82, 2.24) is 5.32 Å². The van der Waals surface area contributed by atoms with E-state index in [4.69, 9.17) is 4.42 Å². The third-order valence-electron chi connectivity index (χ3n) is 3.89. The van der Waals surface area contributed by atoms with Gasteiger partial charge in [0.1, 0.15) is 23.0 Å². The van der Waals surface area contributed by atoms with Crippen molar-refractivity contribution in [2.45, 2.75) is 6.92 Å². The predicted octanol–water partition coefficient (Wildman–Crippen LogP) is 3.95. The molecule has 0 aliphatic carbocycles. The fourth-order valence-corrected chi connectivity index (χ4v) is 2.64. The highest BCUT2D eigenvalue weighted by molar-refractivity contribution is 6.11. The van der Waals surface area contributed by atoms with Gasteiger partial charge in [0.15, 0.2) is 0 Å². The summed E-state index contributed by atoms with van der Waals surface area (Å²) in [5.74, 6) is -2.00. The smallest absolute Gasteiger partial charge is 0.279 e. The Labute approximate surface area is 140 Å². The quantitative estimate of drug-likeness (QED) is 0.575. The Balaban J connectivity index is 2.41. The van der Waals surface area contributed by atoms with Crippen LogP contribution in [0.4, 0.5) is 14.5 Å². The first-order valence-electron chi connectivity index (χ1n) is 7.23. The highest BCUT2D eigenvalue weighted by Crippen LogP contribution is 2.38. The monoisotopic (exact) mass is 346 g/mol. The van der Waals surface area contributed by atoms with Crippen LogP contribution in [0.25, 0.3) is 22.3 Å². The minimum absolute atomic E-state index is 0.00754. The van der Waals surface area contributed by atoms with Crippen LogP contribution >= 0.6 is 0 Å². The molecule has 25 heavy (non-hydrogen) atoms. The fourth-order valence-electron chi connectivity index (χ4n) is 2.64. The first-order valence-corrected chi connectivity index (χ1v) is 7.23. The minimum Gasteiger partial charge on any atom is -0.455 e. The van der Waals surface area contributed by atoms with Gasteiger partial charge in [-0.2, -0.15) is 0 Å². The third kappa shape index (κ3) is 2.61. The van der Waals surface area contributed by atoms with Crippen molar-refractivity contribution >= 4 is 22.6 Å². The Morgan fingerprint density at radius 2 is 1.88 bits per heavy atom. The molecular weight excluding hydrogens is 334 g/mol. The highest BCUT2D eigenvalue weighted by Gasteiger charge is 2.28. The minimum atomic E-state index is -0.903. The molecule has 6 nitrogen and oxygen atoms in total. The standard InChI is InChI=1S/C17H12F2N2O4/c1-8-11(21(23)24)7-12-13(15(8)19)14(17(22)20-2)16(25-12)9-3-5-10(18)6-4-9/h3-7H,1-2H3,(H,20,22). The third-order valence-corrected chi connectivity index (χ3v) is 3.89. The largest absolute Gasteiger partial charge is 0.455 e. The molecule has 1 amide bonds. The first kappa shape index (κ1) is 16.6.